The van der Waals surface area contributed by atoms with E-state index in [-0.39, 0.29) is 24.7 Å². The molecule has 0 atom stereocenters. The molecule has 1 heterocycles. The van der Waals surface area contributed by atoms with E-state index in [0.717, 1.165) is 0 Å². The predicted molar refractivity (Wildman–Crippen MR) is 102 cm³/mol. The summed E-state index contributed by atoms with van der Waals surface area (Å²) in [5.74, 6) is 0.0343. The largest absolute Gasteiger partial charge is 0.497 e. The molecule has 0 saturated carbocycles. The Hall–Kier alpha value is -2.47. The average Bonchev–Trinajstić information content (AvgIpc) is 2.74. The maximum atomic E-state index is 13.9. The number of carbonyl (C=O) groups excluding carboxylic acids is 2. The van der Waals surface area contributed by atoms with E-state index in [1.165, 1.54) is 6.07 Å². The van der Waals surface area contributed by atoms with Gasteiger partial charge in [0.15, 0.2) is 0 Å². The Balaban J connectivity index is 2.11. The quantitative estimate of drug-likeness (QED) is 0.693. The van der Waals surface area contributed by atoms with E-state index in [9.17, 15) is 14.0 Å². The van der Waals surface area contributed by atoms with Crippen molar-refractivity contribution in [2.45, 2.75) is 19.9 Å². The van der Waals surface area contributed by atoms with Gasteiger partial charge in [-0.05, 0) is 52.2 Å². The van der Waals surface area contributed by atoms with E-state index >= 15 is 0 Å². The van der Waals surface area contributed by atoms with Crippen LogP contribution < -0.4 is 9.64 Å². The number of ether oxygens (including phenoxy) is 1. The molecule has 0 radical (unpaired) electrons. The van der Waals surface area contributed by atoms with Crippen LogP contribution in [0.1, 0.15) is 23.1 Å². The van der Waals surface area contributed by atoms with Gasteiger partial charge in [-0.25, -0.2) is 4.39 Å². The molecule has 6 heteroatoms. The van der Waals surface area contributed by atoms with Crippen LogP contribution in [-0.4, -0.2) is 19.3 Å². The van der Waals surface area contributed by atoms with Crippen molar-refractivity contribution < 1.29 is 18.7 Å². The second-order valence-corrected chi connectivity index (χ2v) is 6.87. The number of hydrogen-bond acceptors (Lipinski definition) is 3. The van der Waals surface area contributed by atoms with E-state index in [1.54, 1.807) is 49.3 Å². The minimum atomic E-state index is -0.316. The normalized spacial score (nSPS) is 14.2. The molecule has 0 aromatic heterocycles. The lowest BCUT2D eigenvalue weighted by atomic mass is 10.1. The first-order valence-electron chi connectivity index (χ1n) is 8.02. The molecule has 0 spiro atoms. The highest BCUT2D eigenvalue weighted by atomic mass is 79.9. The number of aryl methyl sites for hydroxylation is 1. The Morgan fingerprint density at radius 1 is 1.27 bits per heavy atom. The van der Waals surface area contributed by atoms with E-state index in [2.05, 4.69) is 15.9 Å². The van der Waals surface area contributed by atoms with Crippen LogP contribution in [0.15, 0.2) is 42.0 Å². The Labute approximate surface area is 159 Å². The smallest absolute Gasteiger partial charge is 0.231 e. The zero-order valence-electron chi connectivity index (χ0n) is 14.4. The monoisotopic (exact) mass is 417 g/mol. The predicted octanol–water partition coefficient (Wildman–Crippen LogP) is 4.38. The second kappa shape index (κ2) is 7.41. The zero-order valence-corrected chi connectivity index (χ0v) is 16.0. The maximum Gasteiger partial charge on any atom is 0.231 e. The molecule has 2 aromatic rings. The van der Waals surface area contributed by atoms with Crippen molar-refractivity contribution in [2.75, 3.05) is 12.0 Å². The molecule has 0 aliphatic carbocycles. The van der Waals surface area contributed by atoms with Gasteiger partial charge < -0.3 is 9.64 Å². The third-order valence-corrected chi connectivity index (χ3v) is 5.31. The lowest BCUT2D eigenvalue weighted by Crippen LogP contribution is -2.30. The summed E-state index contributed by atoms with van der Waals surface area (Å²) in [6.45, 7) is 1.89. The summed E-state index contributed by atoms with van der Waals surface area (Å²) < 4.78 is 19.8. The Morgan fingerprint density at radius 3 is 2.69 bits per heavy atom. The molecule has 1 amide bonds. The van der Waals surface area contributed by atoms with Crippen molar-refractivity contribution in [3.05, 3.63) is 64.5 Å². The third kappa shape index (κ3) is 3.42. The fourth-order valence-electron chi connectivity index (χ4n) is 2.87. The second-order valence-electron chi connectivity index (χ2n) is 6.08. The van der Waals surface area contributed by atoms with E-state index < -0.39 is 0 Å². The molecule has 0 fully saturated rings. The van der Waals surface area contributed by atoms with E-state index in [4.69, 9.17) is 4.74 Å². The van der Waals surface area contributed by atoms with Crippen LogP contribution in [0, 0.1) is 12.7 Å². The van der Waals surface area contributed by atoms with Crippen molar-refractivity contribution in [3.63, 3.8) is 0 Å². The number of carbonyl (C=O) groups is 2. The SMILES string of the molecule is COc1ccc2c(c1)N(Cc1ccc(C)c(F)c1)C(=O)CC(C=O)=C2Br. The van der Waals surface area contributed by atoms with Crippen molar-refractivity contribution in [3.8, 4) is 5.75 Å². The molecule has 2 aromatic carbocycles. The van der Waals surface area contributed by atoms with Gasteiger partial charge in [0.05, 0.1) is 25.8 Å². The van der Waals surface area contributed by atoms with E-state index in [0.29, 0.717) is 44.5 Å². The molecular weight excluding hydrogens is 401 g/mol. The first kappa shape index (κ1) is 18.3. The fourth-order valence-corrected chi connectivity index (χ4v) is 3.44. The highest BCUT2D eigenvalue weighted by molar-refractivity contribution is 9.15. The van der Waals surface area contributed by atoms with Gasteiger partial charge in [0, 0.05) is 21.7 Å². The van der Waals surface area contributed by atoms with Crippen LogP contribution in [0.2, 0.25) is 0 Å². The van der Waals surface area contributed by atoms with Crippen LogP contribution in [0.25, 0.3) is 4.48 Å². The number of hydrogen-bond donors (Lipinski definition) is 0. The lowest BCUT2D eigenvalue weighted by Gasteiger charge is -2.24. The summed E-state index contributed by atoms with van der Waals surface area (Å²) in [6.07, 6.45) is 0.653. The van der Waals surface area contributed by atoms with Crippen molar-refractivity contribution in [1.29, 1.82) is 0 Å². The summed E-state index contributed by atoms with van der Waals surface area (Å²) in [5.41, 5.74) is 2.91. The number of amides is 1. The molecule has 1 aliphatic heterocycles. The number of fused-ring (bicyclic) bond motifs is 1. The molecule has 0 N–H and O–H groups in total. The van der Waals surface area contributed by atoms with Crippen LogP contribution >= 0.6 is 15.9 Å². The van der Waals surface area contributed by atoms with E-state index in [1.807, 2.05) is 0 Å². The Bertz CT molecular complexity index is 923. The van der Waals surface area contributed by atoms with Crippen molar-refractivity contribution in [1.82, 2.24) is 0 Å². The van der Waals surface area contributed by atoms with Crippen molar-refractivity contribution in [2.24, 2.45) is 0 Å². The topological polar surface area (TPSA) is 46.6 Å². The van der Waals surface area contributed by atoms with Crippen molar-refractivity contribution >= 4 is 38.3 Å². The van der Waals surface area contributed by atoms with Crippen LogP contribution in [0.5, 0.6) is 5.75 Å². The first-order chi connectivity index (χ1) is 12.4. The number of anilines is 1. The van der Waals surface area contributed by atoms with Gasteiger partial charge in [-0.3, -0.25) is 9.59 Å². The number of halogens is 2. The van der Waals surface area contributed by atoms with Gasteiger partial charge in [-0.2, -0.15) is 0 Å². The van der Waals surface area contributed by atoms with Gasteiger partial charge in [-0.1, -0.05) is 12.1 Å². The Kier molecular flexibility index (Phi) is 5.23. The average molecular weight is 418 g/mol. The molecule has 4 nitrogen and oxygen atoms in total. The summed E-state index contributed by atoms with van der Waals surface area (Å²) >= 11 is 3.44. The van der Waals surface area contributed by atoms with Gasteiger partial charge in [-0.15, -0.1) is 0 Å². The highest BCUT2D eigenvalue weighted by Crippen LogP contribution is 2.40. The number of rotatable bonds is 4. The molecule has 134 valence electrons. The zero-order chi connectivity index (χ0) is 18.8. The van der Waals surface area contributed by atoms with Crippen LogP contribution in [0.3, 0.4) is 0 Å². The molecule has 0 saturated heterocycles. The highest BCUT2D eigenvalue weighted by Gasteiger charge is 2.27. The number of benzene rings is 2. The first-order valence-corrected chi connectivity index (χ1v) is 8.81. The fraction of sp³-hybridized carbons (Fsp3) is 0.200. The van der Waals surface area contributed by atoms with Gasteiger partial charge >= 0.3 is 0 Å². The standard InChI is InChI=1S/C20H17BrFNO3/c1-12-3-4-13(7-17(12)22)10-23-18-9-15(26-2)5-6-16(18)20(21)14(11-24)8-19(23)25/h3-7,9,11H,8,10H2,1-2H3. The van der Waals surface area contributed by atoms with Gasteiger partial charge in [0.25, 0.3) is 0 Å². The molecule has 0 bridgehead atoms. The maximum absolute atomic E-state index is 13.9. The third-order valence-electron chi connectivity index (χ3n) is 4.38. The molecule has 3 rings (SSSR count). The van der Waals surface area contributed by atoms with Gasteiger partial charge in [0.1, 0.15) is 17.9 Å². The number of methoxy groups -OCH3 is 1. The number of aldehydes is 1. The lowest BCUT2D eigenvalue weighted by molar-refractivity contribution is -0.118. The van der Waals surface area contributed by atoms with Gasteiger partial charge in [0.2, 0.25) is 5.91 Å². The minimum Gasteiger partial charge on any atom is -0.497 e. The minimum absolute atomic E-state index is 0.0323. The molecule has 1 aliphatic rings. The molecule has 0 unspecified atom stereocenters. The summed E-state index contributed by atoms with van der Waals surface area (Å²) in [7, 11) is 1.54. The summed E-state index contributed by atoms with van der Waals surface area (Å²) in [4.78, 5) is 25.8. The number of nitrogens with zero attached hydrogens (tertiary/aromatic N) is 1. The summed E-state index contributed by atoms with van der Waals surface area (Å²) in [6, 6.07) is 10.2. The molecule has 26 heavy (non-hydrogen) atoms. The Morgan fingerprint density at radius 2 is 2.04 bits per heavy atom. The van der Waals surface area contributed by atoms with Crippen LogP contribution in [-0.2, 0) is 16.1 Å². The summed E-state index contributed by atoms with van der Waals surface area (Å²) in [5, 5.41) is 0. The van der Waals surface area contributed by atoms with Crippen LogP contribution in [0.4, 0.5) is 10.1 Å². The molecular formula is C20H17BrFNO3.